The van der Waals surface area contributed by atoms with Crippen molar-refractivity contribution in [2.75, 3.05) is 11.1 Å². The first-order chi connectivity index (χ1) is 7.81. The van der Waals surface area contributed by atoms with Crippen molar-refractivity contribution in [3.8, 4) is 0 Å². The van der Waals surface area contributed by atoms with Gasteiger partial charge in [-0.15, -0.1) is 5.10 Å². The van der Waals surface area contributed by atoms with Gasteiger partial charge in [-0.3, -0.25) is 5.32 Å². The molecule has 7 nitrogen and oxygen atoms in total. The summed E-state index contributed by atoms with van der Waals surface area (Å²) in [5.41, 5.74) is 7.54. The van der Waals surface area contributed by atoms with Crippen LogP contribution in [0.5, 0.6) is 0 Å². The van der Waals surface area contributed by atoms with Crippen molar-refractivity contribution in [3.63, 3.8) is 0 Å². The van der Waals surface area contributed by atoms with Gasteiger partial charge in [-0.05, 0) is 12.1 Å². The van der Waals surface area contributed by atoms with Crippen molar-refractivity contribution < 1.29 is 8.83 Å². The Hall–Kier alpha value is -2.57. The van der Waals surface area contributed by atoms with Gasteiger partial charge < -0.3 is 14.6 Å². The molecule has 1 aromatic carbocycles. The largest absolute Gasteiger partial charge is 0.423 e. The van der Waals surface area contributed by atoms with E-state index in [-0.39, 0.29) is 12.0 Å². The number of nitrogens with two attached hydrogens (primary N) is 1. The molecule has 7 heteroatoms. The summed E-state index contributed by atoms with van der Waals surface area (Å²) in [6.07, 6.45) is 1.21. The fraction of sp³-hybridized carbons (Fsp3) is 0. The topological polar surface area (TPSA) is 103 Å². The number of nitrogens with one attached hydrogen (secondary N) is 1. The fourth-order valence-electron chi connectivity index (χ4n) is 1.31. The quantitative estimate of drug-likeness (QED) is 0.627. The number of fused-ring (bicyclic) bond motifs is 1. The predicted octanol–water partition coefficient (Wildman–Crippen LogP) is 1.54. The molecule has 0 atom stereocenters. The molecule has 80 valence electrons. The van der Waals surface area contributed by atoms with Gasteiger partial charge >= 0.3 is 12.0 Å². The van der Waals surface area contributed by atoms with E-state index in [4.69, 9.17) is 14.6 Å². The third-order valence-electron chi connectivity index (χ3n) is 1.99. The van der Waals surface area contributed by atoms with E-state index >= 15 is 0 Å². The molecule has 0 saturated carbocycles. The number of nitrogens with zero attached hydrogens (tertiary/aromatic N) is 3. The van der Waals surface area contributed by atoms with Crippen LogP contribution in [-0.4, -0.2) is 15.2 Å². The molecule has 0 aliphatic carbocycles. The van der Waals surface area contributed by atoms with Gasteiger partial charge in [0.25, 0.3) is 0 Å². The maximum absolute atomic E-state index is 5.62. The minimum atomic E-state index is 0.222. The molecule has 0 aliphatic heterocycles. The summed E-state index contributed by atoms with van der Waals surface area (Å²) in [6, 6.07) is 5.72. The van der Waals surface area contributed by atoms with E-state index in [1.807, 2.05) is 0 Å². The second-order valence-corrected chi connectivity index (χ2v) is 3.12. The van der Waals surface area contributed by atoms with Crippen LogP contribution in [0.1, 0.15) is 0 Å². The molecular weight excluding hydrogens is 210 g/mol. The van der Waals surface area contributed by atoms with Crippen LogP contribution in [0.25, 0.3) is 11.1 Å². The van der Waals surface area contributed by atoms with Gasteiger partial charge in [0.15, 0.2) is 5.58 Å². The summed E-state index contributed by atoms with van der Waals surface area (Å²) in [6.45, 7) is 0. The third kappa shape index (κ3) is 1.44. The Balaban J connectivity index is 1.99. The third-order valence-corrected chi connectivity index (χ3v) is 1.99. The van der Waals surface area contributed by atoms with Crippen LogP contribution < -0.4 is 11.1 Å². The fourth-order valence-corrected chi connectivity index (χ4v) is 1.31. The van der Waals surface area contributed by atoms with Crippen LogP contribution >= 0.6 is 0 Å². The van der Waals surface area contributed by atoms with E-state index < -0.39 is 0 Å². The van der Waals surface area contributed by atoms with Gasteiger partial charge in [0.05, 0.1) is 0 Å². The summed E-state index contributed by atoms with van der Waals surface area (Å²) in [7, 11) is 0. The first-order valence-electron chi connectivity index (χ1n) is 4.50. The first kappa shape index (κ1) is 8.72. The predicted molar refractivity (Wildman–Crippen MR) is 56.0 cm³/mol. The summed E-state index contributed by atoms with van der Waals surface area (Å²) in [5, 5.41) is 9.90. The standard InChI is InChI=1S/C9H7N5O2/c10-5-1-2-6-7(3-5)16-8(12-6)13-9-14-11-4-15-9/h1-4H,10H2,(H,12,13,14). The number of anilines is 3. The monoisotopic (exact) mass is 217 g/mol. The van der Waals surface area contributed by atoms with Gasteiger partial charge in [0.2, 0.25) is 6.39 Å². The maximum atomic E-state index is 5.62. The smallest absolute Gasteiger partial charge is 0.323 e. The Labute approximate surface area is 89.3 Å². The lowest BCUT2D eigenvalue weighted by atomic mass is 10.3. The van der Waals surface area contributed by atoms with E-state index in [2.05, 4.69) is 20.5 Å². The lowest BCUT2D eigenvalue weighted by molar-refractivity contribution is 0.559. The van der Waals surface area contributed by atoms with Crippen molar-refractivity contribution in [2.24, 2.45) is 0 Å². The minimum Gasteiger partial charge on any atom is -0.423 e. The van der Waals surface area contributed by atoms with Crippen molar-refractivity contribution in [1.82, 2.24) is 15.2 Å². The van der Waals surface area contributed by atoms with Gasteiger partial charge in [-0.25, -0.2) is 0 Å². The molecule has 2 heterocycles. The van der Waals surface area contributed by atoms with E-state index in [1.165, 1.54) is 6.39 Å². The Bertz CT molecular complexity index is 616. The van der Waals surface area contributed by atoms with Crippen LogP contribution in [0.2, 0.25) is 0 Å². The molecule has 0 spiro atoms. The maximum Gasteiger partial charge on any atom is 0.323 e. The van der Waals surface area contributed by atoms with Gasteiger partial charge in [0, 0.05) is 11.8 Å². The summed E-state index contributed by atoms with van der Waals surface area (Å²) >= 11 is 0. The van der Waals surface area contributed by atoms with Crippen molar-refractivity contribution in [1.29, 1.82) is 0 Å². The number of aromatic nitrogens is 3. The summed E-state index contributed by atoms with van der Waals surface area (Å²) in [5.74, 6) is 0. The molecule has 0 unspecified atom stereocenters. The van der Waals surface area contributed by atoms with E-state index in [9.17, 15) is 0 Å². The van der Waals surface area contributed by atoms with E-state index in [1.54, 1.807) is 18.2 Å². The van der Waals surface area contributed by atoms with Gasteiger partial charge in [0.1, 0.15) is 5.52 Å². The molecular formula is C9H7N5O2. The van der Waals surface area contributed by atoms with Crippen LogP contribution in [0.15, 0.2) is 33.4 Å². The minimum absolute atomic E-state index is 0.222. The van der Waals surface area contributed by atoms with Crippen molar-refractivity contribution in [2.45, 2.75) is 0 Å². The Morgan fingerprint density at radius 1 is 1.25 bits per heavy atom. The number of nitrogen functional groups attached to an aromatic ring is 1. The summed E-state index contributed by atoms with van der Waals surface area (Å²) in [4.78, 5) is 4.17. The van der Waals surface area contributed by atoms with Gasteiger partial charge in [-0.2, -0.15) is 4.98 Å². The molecule has 2 aromatic heterocycles. The summed E-state index contributed by atoms with van der Waals surface area (Å²) < 4.78 is 10.3. The Kier molecular flexibility index (Phi) is 1.76. The van der Waals surface area contributed by atoms with Crippen LogP contribution in [0.3, 0.4) is 0 Å². The average Bonchev–Trinajstić information content (AvgIpc) is 2.86. The Morgan fingerprint density at radius 3 is 3.00 bits per heavy atom. The number of oxazole rings is 1. The second-order valence-electron chi connectivity index (χ2n) is 3.12. The van der Waals surface area contributed by atoms with E-state index in [0.29, 0.717) is 16.8 Å². The molecule has 3 aromatic rings. The van der Waals surface area contributed by atoms with Crippen LogP contribution in [0.4, 0.5) is 17.7 Å². The second kappa shape index (κ2) is 3.23. The first-order valence-corrected chi connectivity index (χ1v) is 4.50. The lowest BCUT2D eigenvalue weighted by Crippen LogP contribution is -1.89. The number of hydrogen-bond donors (Lipinski definition) is 2. The number of rotatable bonds is 2. The number of hydrogen-bond acceptors (Lipinski definition) is 7. The van der Waals surface area contributed by atoms with Crippen molar-refractivity contribution >= 4 is 28.8 Å². The van der Waals surface area contributed by atoms with E-state index in [0.717, 1.165) is 0 Å². The normalized spacial score (nSPS) is 10.8. The average molecular weight is 217 g/mol. The van der Waals surface area contributed by atoms with Crippen molar-refractivity contribution in [3.05, 3.63) is 24.6 Å². The molecule has 0 saturated heterocycles. The molecule has 3 N–H and O–H groups in total. The molecule has 3 rings (SSSR count). The zero-order chi connectivity index (χ0) is 11.0. The molecule has 0 bridgehead atoms. The molecule has 0 amide bonds. The zero-order valence-electron chi connectivity index (χ0n) is 8.04. The lowest BCUT2D eigenvalue weighted by Gasteiger charge is -1.90. The molecule has 0 aliphatic rings. The molecule has 16 heavy (non-hydrogen) atoms. The van der Waals surface area contributed by atoms with Gasteiger partial charge in [-0.1, -0.05) is 5.10 Å². The molecule has 0 radical (unpaired) electrons. The SMILES string of the molecule is Nc1ccc2nc(Nc3nnco3)oc2c1. The highest BCUT2D eigenvalue weighted by molar-refractivity contribution is 5.78. The number of benzene rings is 1. The highest BCUT2D eigenvalue weighted by Gasteiger charge is 2.08. The highest BCUT2D eigenvalue weighted by atomic mass is 16.4. The zero-order valence-corrected chi connectivity index (χ0v) is 8.04. The Morgan fingerprint density at radius 2 is 2.19 bits per heavy atom. The van der Waals surface area contributed by atoms with Crippen LogP contribution in [-0.2, 0) is 0 Å². The highest BCUT2D eigenvalue weighted by Crippen LogP contribution is 2.22. The molecule has 0 fully saturated rings. The van der Waals surface area contributed by atoms with Crippen LogP contribution in [0, 0.1) is 0 Å².